The van der Waals surface area contributed by atoms with Gasteiger partial charge in [-0.2, -0.15) is 0 Å². The van der Waals surface area contributed by atoms with Gasteiger partial charge in [0.15, 0.2) is 5.78 Å². The molecule has 0 aliphatic carbocycles. The van der Waals surface area contributed by atoms with Crippen LogP contribution in [0.1, 0.15) is 34.7 Å². The third kappa shape index (κ3) is 4.29. The van der Waals surface area contributed by atoms with Crippen LogP contribution in [-0.2, 0) is 0 Å². The topological polar surface area (TPSA) is 59.2 Å². The number of piperidine rings is 1. The molecule has 1 saturated heterocycles. The molecule has 142 valence electrons. The molecule has 3 aromatic rings. The minimum atomic E-state index is 0.209. The lowest BCUT2D eigenvalue weighted by atomic mass is 9.88. The maximum Gasteiger partial charge on any atom is 0.176 e. The van der Waals surface area contributed by atoms with Crippen LogP contribution >= 0.6 is 0 Å². The van der Waals surface area contributed by atoms with E-state index in [1.54, 1.807) is 0 Å². The molecule has 1 fully saturated rings. The zero-order valence-electron chi connectivity index (χ0n) is 15.9. The van der Waals surface area contributed by atoms with Gasteiger partial charge in [0, 0.05) is 17.3 Å². The summed E-state index contributed by atoms with van der Waals surface area (Å²) in [5, 5.41) is 0. The minimum Gasteiger partial charge on any atom is -0.384 e. The molecule has 0 saturated carbocycles. The molecule has 0 spiro atoms. The molecule has 1 aliphatic rings. The Morgan fingerprint density at radius 3 is 2.25 bits per heavy atom. The van der Waals surface area contributed by atoms with Crippen molar-refractivity contribution >= 4 is 11.6 Å². The Labute approximate surface area is 166 Å². The fourth-order valence-corrected chi connectivity index (χ4v) is 3.87. The van der Waals surface area contributed by atoms with Gasteiger partial charge in [-0.25, -0.2) is 4.98 Å². The van der Waals surface area contributed by atoms with E-state index >= 15 is 0 Å². The molecule has 0 atom stereocenters. The van der Waals surface area contributed by atoms with Crippen molar-refractivity contribution in [3.63, 3.8) is 0 Å². The van der Waals surface area contributed by atoms with Gasteiger partial charge < -0.3 is 5.73 Å². The second-order valence-corrected chi connectivity index (χ2v) is 7.43. The average Bonchev–Trinajstić information content (AvgIpc) is 2.76. The fourth-order valence-electron chi connectivity index (χ4n) is 3.87. The van der Waals surface area contributed by atoms with E-state index in [-0.39, 0.29) is 5.78 Å². The first-order valence-corrected chi connectivity index (χ1v) is 9.81. The van der Waals surface area contributed by atoms with Gasteiger partial charge in [0.05, 0.1) is 6.54 Å². The van der Waals surface area contributed by atoms with Crippen molar-refractivity contribution in [1.29, 1.82) is 0 Å². The molecule has 0 amide bonds. The lowest BCUT2D eigenvalue weighted by molar-refractivity contribution is 0.0909. The predicted octanol–water partition coefficient (Wildman–Crippen LogP) is 4.39. The van der Waals surface area contributed by atoms with Crippen molar-refractivity contribution in [3.05, 3.63) is 84.1 Å². The number of hydrogen-bond acceptors (Lipinski definition) is 4. The Kier molecular flexibility index (Phi) is 5.49. The number of aromatic nitrogens is 1. The van der Waals surface area contributed by atoms with Gasteiger partial charge in [-0.15, -0.1) is 0 Å². The Hall–Kier alpha value is -2.98. The van der Waals surface area contributed by atoms with Gasteiger partial charge in [-0.1, -0.05) is 54.6 Å². The smallest absolute Gasteiger partial charge is 0.176 e. The van der Waals surface area contributed by atoms with Crippen LogP contribution < -0.4 is 5.73 Å². The first-order valence-electron chi connectivity index (χ1n) is 9.81. The predicted molar refractivity (Wildman–Crippen MR) is 113 cm³/mol. The molecule has 4 nitrogen and oxygen atoms in total. The summed E-state index contributed by atoms with van der Waals surface area (Å²) in [6, 6.07) is 22.2. The minimum absolute atomic E-state index is 0.209. The van der Waals surface area contributed by atoms with Crippen LogP contribution in [0.4, 0.5) is 5.82 Å². The molecule has 0 unspecified atom stereocenters. The summed E-state index contributed by atoms with van der Waals surface area (Å²) in [6.07, 6.45) is 3.99. The SMILES string of the molecule is Nc1ccc(-c2ccc(C3CCN(CC(=O)c4ccccc4)CC3)cc2)cn1. The van der Waals surface area contributed by atoms with E-state index < -0.39 is 0 Å². The van der Waals surface area contributed by atoms with Crippen LogP contribution in [0.15, 0.2) is 72.9 Å². The van der Waals surface area contributed by atoms with E-state index in [0.717, 1.165) is 42.6 Å². The monoisotopic (exact) mass is 371 g/mol. The average molecular weight is 371 g/mol. The largest absolute Gasteiger partial charge is 0.384 e. The van der Waals surface area contributed by atoms with Crippen molar-refractivity contribution in [2.24, 2.45) is 0 Å². The quantitative estimate of drug-likeness (QED) is 0.676. The number of ketones is 1. The van der Waals surface area contributed by atoms with Crippen LogP contribution in [0.25, 0.3) is 11.1 Å². The number of benzene rings is 2. The zero-order chi connectivity index (χ0) is 19.3. The fraction of sp³-hybridized carbons (Fsp3) is 0.250. The Balaban J connectivity index is 1.33. The number of hydrogen-bond donors (Lipinski definition) is 1. The van der Waals surface area contributed by atoms with Crippen molar-refractivity contribution in [2.45, 2.75) is 18.8 Å². The molecule has 2 heterocycles. The summed E-state index contributed by atoms with van der Waals surface area (Å²) in [5.41, 5.74) is 10.1. The molecule has 28 heavy (non-hydrogen) atoms. The number of carbonyl (C=O) groups excluding carboxylic acids is 1. The lowest BCUT2D eigenvalue weighted by Crippen LogP contribution is -2.36. The van der Waals surface area contributed by atoms with Gasteiger partial charge in [-0.05, 0) is 55.1 Å². The highest BCUT2D eigenvalue weighted by molar-refractivity contribution is 5.97. The van der Waals surface area contributed by atoms with E-state index in [4.69, 9.17) is 5.73 Å². The van der Waals surface area contributed by atoms with E-state index in [9.17, 15) is 4.79 Å². The molecule has 1 aliphatic heterocycles. The van der Waals surface area contributed by atoms with Gasteiger partial charge in [-0.3, -0.25) is 9.69 Å². The molecular formula is C24H25N3O. The number of pyridine rings is 1. The second kappa shape index (κ2) is 8.36. The number of likely N-dealkylation sites (tertiary alicyclic amines) is 1. The maximum atomic E-state index is 12.4. The Morgan fingerprint density at radius 1 is 0.929 bits per heavy atom. The Bertz CT molecular complexity index is 912. The standard InChI is InChI=1S/C24H25N3O/c25-24-11-10-22(16-26-24)19-8-6-18(7-9-19)20-12-14-27(15-13-20)17-23(28)21-4-2-1-3-5-21/h1-11,16,20H,12-15,17H2,(H2,25,26). The van der Waals surface area contributed by atoms with Crippen molar-refractivity contribution in [1.82, 2.24) is 9.88 Å². The van der Waals surface area contributed by atoms with E-state index in [2.05, 4.69) is 34.1 Å². The van der Waals surface area contributed by atoms with Gasteiger partial charge in [0.1, 0.15) is 5.82 Å². The highest BCUT2D eigenvalue weighted by Gasteiger charge is 2.22. The highest BCUT2D eigenvalue weighted by atomic mass is 16.1. The van der Waals surface area contributed by atoms with Crippen molar-refractivity contribution in [3.8, 4) is 11.1 Å². The summed E-state index contributed by atoms with van der Waals surface area (Å²) in [6.45, 7) is 2.44. The van der Waals surface area contributed by atoms with Gasteiger partial charge >= 0.3 is 0 Å². The van der Waals surface area contributed by atoms with Gasteiger partial charge in [0.25, 0.3) is 0 Å². The lowest BCUT2D eigenvalue weighted by Gasteiger charge is -2.31. The van der Waals surface area contributed by atoms with Crippen LogP contribution in [0.2, 0.25) is 0 Å². The summed E-state index contributed by atoms with van der Waals surface area (Å²) < 4.78 is 0. The third-order valence-electron chi connectivity index (χ3n) is 5.55. The first-order chi connectivity index (χ1) is 13.7. The Morgan fingerprint density at radius 2 is 1.61 bits per heavy atom. The normalized spacial score (nSPS) is 15.4. The van der Waals surface area contributed by atoms with E-state index in [1.807, 2.05) is 48.7 Å². The summed E-state index contributed by atoms with van der Waals surface area (Å²) in [4.78, 5) is 18.8. The number of anilines is 1. The maximum absolute atomic E-state index is 12.4. The highest BCUT2D eigenvalue weighted by Crippen LogP contribution is 2.30. The molecule has 4 rings (SSSR count). The van der Waals surface area contributed by atoms with Crippen LogP contribution in [0.5, 0.6) is 0 Å². The number of nitrogen functional groups attached to an aromatic ring is 1. The van der Waals surface area contributed by atoms with Gasteiger partial charge in [0.2, 0.25) is 0 Å². The number of nitrogens with two attached hydrogens (primary N) is 1. The number of Topliss-reactive ketones (excluding diaryl/α,β-unsaturated/α-hetero) is 1. The molecule has 4 heteroatoms. The molecule has 1 aromatic heterocycles. The van der Waals surface area contributed by atoms with Crippen molar-refractivity contribution < 1.29 is 4.79 Å². The molecule has 2 N–H and O–H groups in total. The second-order valence-electron chi connectivity index (χ2n) is 7.43. The third-order valence-corrected chi connectivity index (χ3v) is 5.55. The number of nitrogens with zero attached hydrogens (tertiary/aromatic N) is 2. The number of carbonyl (C=O) groups is 1. The van der Waals surface area contributed by atoms with Crippen molar-refractivity contribution in [2.75, 3.05) is 25.4 Å². The molecular weight excluding hydrogens is 346 g/mol. The van der Waals surface area contributed by atoms with Crippen LogP contribution in [0, 0.1) is 0 Å². The van der Waals surface area contributed by atoms with Crippen LogP contribution in [0.3, 0.4) is 0 Å². The number of rotatable bonds is 5. The van der Waals surface area contributed by atoms with E-state index in [1.165, 1.54) is 5.56 Å². The molecule has 0 radical (unpaired) electrons. The molecule has 0 bridgehead atoms. The van der Waals surface area contributed by atoms with E-state index in [0.29, 0.717) is 18.3 Å². The molecule has 2 aromatic carbocycles. The van der Waals surface area contributed by atoms with Crippen LogP contribution in [-0.4, -0.2) is 35.3 Å². The first kappa shape index (κ1) is 18.4. The summed E-state index contributed by atoms with van der Waals surface area (Å²) >= 11 is 0. The summed E-state index contributed by atoms with van der Waals surface area (Å²) in [5.74, 6) is 1.31. The summed E-state index contributed by atoms with van der Waals surface area (Å²) in [7, 11) is 0. The zero-order valence-corrected chi connectivity index (χ0v) is 15.9.